The molecule has 2 rings (SSSR count). The second kappa shape index (κ2) is 9.80. The third-order valence-electron chi connectivity index (χ3n) is 3.74. The van der Waals surface area contributed by atoms with Gasteiger partial charge in [-0.3, -0.25) is 9.59 Å². The zero-order chi connectivity index (χ0) is 21.4. The number of nitrogens with zero attached hydrogens (tertiary/aromatic N) is 1. The minimum atomic E-state index is -3.86. The topological polar surface area (TPSA) is 170 Å². The van der Waals surface area contributed by atoms with E-state index in [4.69, 9.17) is 0 Å². The van der Waals surface area contributed by atoms with Crippen molar-refractivity contribution in [2.45, 2.75) is 30.7 Å². The summed E-state index contributed by atoms with van der Waals surface area (Å²) in [6.45, 7) is 1.12. The summed E-state index contributed by atoms with van der Waals surface area (Å²) in [5, 5.41) is 14.1. The Morgan fingerprint density at radius 3 is 2.45 bits per heavy atom. The van der Waals surface area contributed by atoms with Crippen LogP contribution in [0.5, 0.6) is 0 Å². The van der Waals surface area contributed by atoms with Crippen LogP contribution in [-0.4, -0.2) is 53.9 Å². The number of aromatic nitrogens is 2. The summed E-state index contributed by atoms with van der Waals surface area (Å²) in [6.07, 6.45) is 2.63. The molecule has 0 radical (unpaired) electrons. The quantitative estimate of drug-likeness (QED) is 0.354. The fourth-order valence-corrected chi connectivity index (χ4v) is 3.42. The molecule has 29 heavy (non-hydrogen) atoms. The van der Waals surface area contributed by atoms with Gasteiger partial charge in [0.2, 0.25) is 21.8 Å². The number of imidazole rings is 1. The van der Waals surface area contributed by atoms with E-state index in [2.05, 4.69) is 25.3 Å². The molecule has 5 N–H and O–H groups in total. The normalized spacial score (nSPS) is 12.2. The Morgan fingerprint density at radius 2 is 1.90 bits per heavy atom. The largest absolute Gasteiger partial charge is 0.480 e. The number of aromatic amines is 1. The lowest BCUT2D eigenvalue weighted by molar-refractivity contribution is -0.141. The maximum Gasteiger partial charge on any atom is 0.326 e. The molecule has 1 aromatic carbocycles. The molecule has 12 heteroatoms. The van der Waals surface area contributed by atoms with Crippen LogP contribution in [0.4, 0.5) is 5.69 Å². The van der Waals surface area contributed by atoms with Crippen molar-refractivity contribution >= 4 is 33.5 Å². The van der Waals surface area contributed by atoms with E-state index in [0.29, 0.717) is 11.4 Å². The van der Waals surface area contributed by atoms with Crippen molar-refractivity contribution in [2.24, 2.45) is 0 Å². The number of aliphatic carboxylic acids is 1. The monoisotopic (exact) mass is 423 g/mol. The Kier molecular flexibility index (Phi) is 7.45. The Morgan fingerprint density at radius 1 is 1.21 bits per heavy atom. The molecule has 11 nitrogen and oxygen atoms in total. The molecule has 1 atom stereocenters. The van der Waals surface area contributed by atoms with Crippen LogP contribution in [0.3, 0.4) is 0 Å². The average molecular weight is 423 g/mol. The highest BCUT2D eigenvalue weighted by Gasteiger charge is 2.21. The molecule has 1 heterocycles. The number of hydrogen-bond donors (Lipinski definition) is 5. The van der Waals surface area contributed by atoms with Crippen molar-refractivity contribution in [3.8, 4) is 0 Å². The molecule has 0 fully saturated rings. The molecule has 1 aromatic heterocycles. The first-order chi connectivity index (χ1) is 13.7. The summed E-state index contributed by atoms with van der Waals surface area (Å²) in [6, 6.07) is 4.35. The van der Waals surface area contributed by atoms with Crippen LogP contribution in [0.25, 0.3) is 0 Å². The van der Waals surface area contributed by atoms with Crippen LogP contribution in [0.2, 0.25) is 0 Å². The first kappa shape index (κ1) is 22.0. The molecule has 2 aromatic rings. The van der Waals surface area contributed by atoms with Crippen molar-refractivity contribution in [2.75, 3.05) is 11.9 Å². The van der Waals surface area contributed by atoms with E-state index in [1.807, 2.05) is 0 Å². The highest BCUT2D eigenvalue weighted by atomic mass is 32.2. The van der Waals surface area contributed by atoms with Gasteiger partial charge >= 0.3 is 5.97 Å². The summed E-state index contributed by atoms with van der Waals surface area (Å²) in [5.74, 6) is -2.11. The van der Waals surface area contributed by atoms with Gasteiger partial charge in [-0.1, -0.05) is 0 Å². The summed E-state index contributed by atoms with van der Waals surface area (Å²) in [4.78, 5) is 40.8. The van der Waals surface area contributed by atoms with Gasteiger partial charge in [0, 0.05) is 43.9 Å². The molecule has 156 valence electrons. The van der Waals surface area contributed by atoms with Crippen LogP contribution in [0, 0.1) is 0 Å². The number of hydrogen-bond acceptors (Lipinski definition) is 6. The summed E-state index contributed by atoms with van der Waals surface area (Å²) in [7, 11) is -3.86. The van der Waals surface area contributed by atoms with E-state index in [-0.39, 0.29) is 30.2 Å². The van der Waals surface area contributed by atoms with Crippen LogP contribution >= 0.6 is 0 Å². The minimum absolute atomic E-state index is 0.0213. The molecule has 2 amide bonds. The van der Waals surface area contributed by atoms with Crippen LogP contribution in [-0.2, 0) is 30.8 Å². The number of anilines is 1. The van der Waals surface area contributed by atoms with Gasteiger partial charge in [0.05, 0.1) is 11.2 Å². The summed E-state index contributed by atoms with van der Waals surface area (Å²) in [5.41, 5.74) is 0.994. The molecule has 0 saturated heterocycles. The van der Waals surface area contributed by atoms with Crippen LogP contribution in [0.15, 0.2) is 41.7 Å². The van der Waals surface area contributed by atoms with Crippen molar-refractivity contribution in [1.82, 2.24) is 20.0 Å². The van der Waals surface area contributed by atoms with E-state index < -0.39 is 27.9 Å². The fraction of sp³-hybridized carbons (Fsp3) is 0.294. The number of sulfonamides is 1. The molecule has 0 spiro atoms. The Labute approximate surface area is 167 Å². The number of H-pyrrole nitrogens is 1. The van der Waals surface area contributed by atoms with Gasteiger partial charge in [-0.2, -0.15) is 0 Å². The molecule has 1 unspecified atom stereocenters. The van der Waals surface area contributed by atoms with Crippen LogP contribution in [0.1, 0.15) is 19.0 Å². The second-order valence-corrected chi connectivity index (χ2v) is 7.86. The average Bonchev–Trinajstić information content (AvgIpc) is 3.14. The third kappa shape index (κ3) is 7.01. The molecule has 0 aliphatic carbocycles. The van der Waals surface area contributed by atoms with Crippen molar-refractivity contribution in [1.29, 1.82) is 0 Å². The van der Waals surface area contributed by atoms with E-state index in [9.17, 15) is 27.9 Å². The molecule has 0 aliphatic heterocycles. The number of carbonyl (C=O) groups is 3. The Balaban J connectivity index is 1.86. The number of amides is 2. The molecular weight excluding hydrogens is 402 g/mol. The SMILES string of the molecule is CC(=O)Nc1ccc(S(=O)(=O)NCCC(=O)NC(Cc2cnc[nH]2)C(=O)O)cc1. The Hall–Kier alpha value is -3.25. The highest BCUT2D eigenvalue weighted by molar-refractivity contribution is 7.89. The predicted molar refractivity (Wildman–Crippen MR) is 102 cm³/mol. The number of carboxylic acids is 1. The van der Waals surface area contributed by atoms with Gasteiger partial charge in [0.15, 0.2) is 0 Å². The van der Waals surface area contributed by atoms with Crippen molar-refractivity contribution in [3.63, 3.8) is 0 Å². The number of carboxylic acid groups (broad SMARTS) is 1. The van der Waals surface area contributed by atoms with Crippen molar-refractivity contribution in [3.05, 3.63) is 42.5 Å². The number of rotatable bonds is 10. The molecule has 0 saturated carbocycles. The highest BCUT2D eigenvalue weighted by Crippen LogP contribution is 2.13. The first-order valence-electron chi connectivity index (χ1n) is 8.54. The third-order valence-corrected chi connectivity index (χ3v) is 5.22. The van der Waals surface area contributed by atoms with Gasteiger partial charge in [-0.15, -0.1) is 0 Å². The standard InChI is InChI=1S/C17H21N5O6S/c1-11(23)21-12-2-4-14(5-3-12)29(27,28)20-7-6-16(24)22-15(17(25)26)8-13-9-18-10-19-13/h2-5,9-10,15,20H,6-8H2,1H3,(H,18,19)(H,21,23)(H,22,24)(H,25,26). The molecule has 0 bridgehead atoms. The van der Waals surface area contributed by atoms with E-state index in [0.717, 1.165) is 0 Å². The smallest absolute Gasteiger partial charge is 0.326 e. The van der Waals surface area contributed by atoms with E-state index >= 15 is 0 Å². The van der Waals surface area contributed by atoms with Gasteiger partial charge in [-0.25, -0.2) is 22.9 Å². The number of benzene rings is 1. The predicted octanol–water partition coefficient (Wildman–Crippen LogP) is -0.151. The summed E-state index contributed by atoms with van der Waals surface area (Å²) < 4.78 is 26.8. The van der Waals surface area contributed by atoms with Gasteiger partial charge in [0.1, 0.15) is 6.04 Å². The lowest BCUT2D eigenvalue weighted by Gasteiger charge is -2.14. The lowest BCUT2D eigenvalue weighted by atomic mass is 10.1. The zero-order valence-electron chi connectivity index (χ0n) is 15.5. The van der Waals surface area contributed by atoms with Gasteiger partial charge in [0.25, 0.3) is 0 Å². The maximum absolute atomic E-state index is 12.3. The minimum Gasteiger partial charge on any atom is -0.480 e. The van der Waals surface area contributed by atoms with Gasteiger partial charge in [-0.05, 0) is 24.3 Å². The first-order valence-corrected chi connectivity index (χ1v) is 10.0. The van der Waals surface area contributed by atoms with Crippen molar-refractivity contribution < 1.29 is 27.9 Å². The summed E-state index contributed by atoms with van der Waals surface area (Å²) >= 11 is 0. The van der Waals surface area contributed by atoms with Gasteiger partial charge < -0.3 is 20.7 Å². The van der Waals surface area contributed by atoms with E-state index in [1.165, 1.54) is 43.7 Å². The van der Waals surface area contributed by atoms with E-state index in [1.54, 1.807) is 0 Å². The molecular formula is C17H21N5O6S. The van der Waals surface area contributed by atoms with Crippen LogP contribution < -0.4 is 15.4 Å². The second-order valence-electron chi connectivity index (χ2n) is 6.09. The molecule has 0 aliphatic rings. The fourth-order valence-electron chi connectivity index (χ4n) is 2.39. The number of carbonyl (C=O) groups excluding carboxylic acids is 2. The maximum atomic E-state index is 12.3. The lowest BCUT2D eigenvalue weighted by Crippen LogP contribution is -2.43. The Bertz CT molecular complexity index is 957. The zero-order valence-corrected chi connectivity index (χ0v) is 16.3. The number of nitrogens with one attached hydrogen (secondary N) is 4.